The van der Waals surface area contributed by atoms with E-state index in [4.69, 9.17) is 4.74 Å². The molecule has 0 fully saturated rings. The zero-order chi connectivity index (χ0) is 19.9. The maximum absolute atomic E-state index is 12.4. The van der Waals surface area contributed by atoms with Crippen LogP contribution in [0, 0.1) is 10.1 Å². The molecule has 2 aromatic rings. The number of ether oxygens (including phenoxy) is 1. The average Bonchev–Trinajstić information content (AvgIpc) is 2.65. The van der Waals surface area contributed by atoms with Crippen molar-refractivity contribution in [3.05, 3.63) is 64.7 Å². The largest absolute Gasteiger partial charge is 0.491 e. The van der Waals surface area contributed by atoms with Crippen LogP contribution >= 0.6 is 0 Å². The Bertz CT molecular complexity index is 860. The van der Waals surface area contributed by atoms with Gasteiger partial charge in [-0.2, -0.15) is 4.72 Å². The third-order valence-electron chi connectivity index (χ3n) is 3.53. The molecular formula is C17H21N3O6S. The Balaban J connectivity index is 1.87. The third-order valence-corrected chi connectivity index (χ3v) is 5.12. The molecule has 2 atom stereocenters. The van der Waals surface area contributed by atoms with Gasteiger partial charge in [0.15, 0.2) is 4.90 Å². The Morgan fingerprint density at radius 2 is 1.78 bits per heavy atom. The second-order valence-electron chi connectivity index (χ2n) is 5.75. The highest BCUT2D eigenvalue weighted by molar-refractivity contribution is 7.89. The topological polar surface area (TPSA) is 131 Å². The summed E-state index contributed by atoms with van der Waals surface area (Å²) < 4.78 is 32.5. The molecule has 0 aliphatic carbocycles. The zero-order valence-corrected chi connectivity index (χ0v) is 15.4. The molecule has 0 saturated carbocycles. The van der Waals surface area contributed by atoms with Crippen molar-refractivity contribution in [2.24, 2.45) is 0 Å². The van der Waals surface area contributed by atoms with Crippen molar-refractivity contribution in [2.75, 3.05) is 13.2 Å². The van der Waals surface area contributed by atoms with Gasteiger partial charge in [0.05, 0.1) is 11.1 Å². The molecule has 0 spiro atoms. The van der Waals surface area contributed by atoms with Gasteiger partial charge in [-0.05, 0) is 25.1 Å². The van der Waals surface area contributed by atoms with E-state index in [2.05, 4.69) is 10.0 Å². The standard InChI is InChI=1S/C17H21N3O6S/c1-13(18-11-14(21)12-26-15-7-3-2-4-8-15)19-27(24,25)17-10-6-5-9-16(17)20(22)23/h2-10,13-14,18-19,21H,11-12H2,1H3. The van der Waals surface area contributed by atoms with Gasteiger partial charge in [-0.15, -0.1) is 0 Å². The molecule has 0 bridgehead atoms. The van der Waals surface area contributed by atoms with Crippen molar-refractivity contribution < 1.29 is 23.2 Å². The number of hydrogen-bond donors (Lipinski definition) is 3. The van der Waals surface area contributed by atoms with Crippen LogP contribution in [0.4, 0.5) is 5.69 Å². The summed E-state index contributed by atoms with van der Waals surface area (Å²) in [6, 6.07) is 14.0. The number of nitro groups is 1. The highest BCUT2D eigenvalue weighted by atomic mass is 32.2. The van der Waals surface area contributed by atoms with Crippen molar-refractivity contribution in [3.63, 3.8) is 0 Å². The van der Waals surface area contributed by atoms with Crippen LogP contribution < -0.4 is 14.8 Å². The van der Waals surface area contributed by atoms with E-state index >= 15 is 0 Å². The van der Waals surface area contributed by atoms with Gasteiger partial charge in [-0.3, -0.25) is 15.4 Å². The van der Waals surface area contributed by atoms with Crippen LogP contribution in [-0.2, 0) is 10.0 Å². The number of aliphatic hydroxyl groups excluding tert-OH is 1. The number of nitrogens with one attached hydrogen (secondary N) is 2. The fraction of sp³-hybridized carbons (Fsp3) is 0.294. The Hall–Kier alpha value is -2.53. The predicted molar refractivity (Wildman–Crippen MR) is 98.8 cm³/mol. The van der Waals surface area contributed by atoms with Crippen LogP contribution in [0.25, 0.3) is 0 Å². The lowest BCUT2D eigenvalue weighted by molar-refractivity contribution is -0.387. The van der Waals surface area contributed by atoms with E-state index in [-0.39, 0.29) is 13.2 Å². The van der Waals surface area contributed by atoms with E-state index in [9.17, 15) is 23.6 Å². The predicted octanol–water partition coefficient (Wildman–Crippen LogP) is 1.25. The number of aliphatic hydroxyl groups is 1. The van der Waals surface area contributed by atoms with Gasteiger partial charge in [0.1, 0.15) is 18.5 Å². The Morgan fingerprint density at radius 3 is 2.44 bits per heavy atom. The number of para-hydroxylation sites is 2. The first-order chi connectivity index (χ1) is 12.8. The van der Waals surface area contributed by atoms with E-state index < -0.39 is 37.8 Å². The molecule has 9 nitrogen and oxygen atoms in total. The highest BCUT2D eigenvalue weighted by Crippen LogP contribution is 2.22. The van der Waals surface area contributed by atoms with E-state index in [0.717, 1.165) is 12.1 Å². The normalized spacial score (nSPS) is 13.7. The molecular weight excluding hydrogens is 374 g/mol. The Morgan fingerprint density at radius 1 is 1.15 bits per heavy atom. The first kappa shape index (κ1) is 20.8. The van der Waals surface area contributed by atoms with Crippen LogP contribution in [0.1, 0.15) is 6.92 Å². The first-order valence-electron chi connectivity index (χ1n) is 8.14. The van der Waals surface area contributed by atoms with Crippen LogP contribution in [0.2, 0.25) is 0 Å². The SMILES string of the molecule is CC(NCC(O)COc1ccccc1)NS(=O)(=O)c1ccccc1[N+](=O)[O-]. The Labute approximate surface area is 157 Å². The van der Waals surface area contributed by atoms with Crippen molar-refractivity contribution in [3.8, 4) is 5.75 Å². The van der Waals surface area contributed by atoms with Crippen LogP contribution in [0.3, 0.4) is 0 Å². The molecule has 0 aliphatic heterocycles. The number of rotatable bonds is 10. The van der Waals surface area contributed by atoms with Gasteiger partial charge < -0.3 is 9.84 Å². The fourth-order valence-electron chi connectivity index (χ4n) is 2.25. The highest BCUT2D eigenvalue weighted by Gasteiger charge is 2.26. The number of hydrogen-bond acceptors (Lipinski definition) is 7. The first-order valence-corrected chi connectivity index (χ1v) is 9.63. The van der Waals surface area contributed by atoms with Crippen molar-refractivity contribution in [1.82, 2.24) is 10.0 Å². The minimum atomic E-state index is -4.11. The maximum atomic E-state index is 12.4. The van der Waals surface area contributed by atoms with E-state index in [1.807, 2.05) is 6.07 Å². The summed E-state index contributed by atoms with van der Waals surface area (Å²) in [4.78, 5) is 9.84. The monoisotopic (exact) mass is 395 g/mol. The summed E-state index contributed by atoms with van der Waals surface area (Å²) >= 11 is 0. The minimum Gasteiger partial charge on any atom is -0.491 e. The molecule has 27 heavy (non-hydrogen) atoms. The Kier molecular flexibility index (Phi) is 7.25. The zero-order valence-electron chi connectivity index (χ0n) is 14.6. The second kappa shape index (κ2) is 9.42. The molecule has 2 unspecified atom stereocenters. The maximum Gasteiger partial charge on any atom is 0.289 e. The van der Waals surface area contributed by atoms with Gasteiger partial charge >= 0.3 is 0 Å². The third kappa shape index (κ3) is 6.29. The smallest absolute Gasteiger partial charge is 0.289 e. The number of benzene rings is 2. The molecule has 0 amide bonds. The molecule has 10 heteroatoms. The number of nitrogens with zero attached hydrogens (tertiary/aromatic N) is 1. The molecule has 0 radical (unpaired) electrons. The molecule has 146 valence electrons. The summed E-state index contributed by atoms with van der Waals surface area (Å²) in [7, 11) is -4.11. The van der Waals surface area contributed by atoms with Gasteiger partial charge in [0.2, 0.25) is 10.0 Å². The van der Waals surface area contributed by atoms with E-state index in [1.54, 1.807) is 24.3 Å². The summed E-state index contributed by atoms with van der Waals surface area (Å²) in [5.74, 6) is 0.613. The molecule has 0 heterocycles. The summed E-state index contributed by atoms with van der Waals surface area (Å²) in [5, 5.41) is 23.7. The number of nitro benzene ring substituents is 1. The van der Waals surface area contributed by atoms with Gasteiger partial charge in [-0.1, -0.05) is 30.3 Å². The molecule has 2 rings (SSSR count). The lowest BCUT2D eigenvalue weighted by Crippen LogP contribution is -2.46. The summed E-state index contributed by atoms with van der Waals surface area (Å²) in [6.07, 6.45) is -1.63. The van der Waals surface area contributed by atoms with Gasteiger partial charge in [0.25, 0.3) is 5.69 Å². The lowest BCUT2D eigenvalue weighted by atomic mass is 10.3. The molecule has 2 aromatic carbocycles. The number of sulfonamides is 1. The van der Waals surface area contributed by atoms with Crippen LogP contribution in [-0.4, -0.2) is 43.9 Å². The van der Waals surface area contributed by atoms with Crippen molar-refractivity contribution in [1.29, 1.82) is 0 Å². The van der Waals surface area contributed by atoms with E-state index in [1.165, 1.54) is 19.1 Å². The fourth-order valence-corrected chi connectivity index (χ4v) is 3.61. The molecule has 0 aliphatic rings. The minimum absolute atomic E-state index is 0.0284. The van der Waals surface area contributed by atoms with E-state index in [0.29, 0.717) is 5.75 Å². The quantitative estimate of drug-likeness (QED) is 0.313. The molecule has 0 saturated heterocycles. The van der Waals surface area contributed by atoms with Crippen molar-refractivity contribution in [2.45, 2.75) is 24.1 Å². The summed E-state index contributed by atoms with van der Waals surface area (Å²) in [6.45, 7) is 1.62. The molecule has 0 aromatic heterocycles. The molecule has 3 N–H and O–H groups in total. The van der Waals surface area contributed by atoms with Crippen molar-refractivity contribution >= 4 is 15.7 Å². The van der Waals surface area contributed by atoms with Gasteiger partial charge in [-0.25, -0.2) is 8.42 Å². The van der Waals surface area contributed by atoms with Crippen LogP contribution in [0.5, 0.6) is 5.75 Å². The lowest BCUT2D eigenvalue weighted by Gasteiger charge is -2.18. The second-order valence-corrected chi connectivity index (χ2v) is 7.44. The van der Waals surface area contributed by atoms with Crippen LogP contribution in [0.15, 0.2) is 59.5 Å². The summed E-state index contributed by atoms with van der Waals surface area (Å²) in [5.41, 5.74) is -0.506. The average molecular weight is 395 g/mol. The van der Waals surface area contributed by atoms with Gasteiger partial charge in [0, 0.05) is 12.6 Å².